The average molecular weight is 259 g/mol. The molecule has 0 fully saturated rings. The van der Waals surface area contributed by atoms with Gasteiger partial charge in [0.05, 0.1) is 5.69 Å². The fraction of sp³-hybridized carbons (Fsp3) is 0.300. The van der Waals surface area contributed by atoms with Crippen molar-refractivity contribution in [2.75, 3.05) is 6.54 Å². The summed E-state index contributed by atoms with van der Waals surface area (Å²) in [5.74, 6) is 0. The summed E-state index contributed by atoms with van der Waals surface area (Å²) in [6, 6.07) is 6.59. The fourth-order valence-corrected chi connectivity index (χ4v) is 3.53. The summed E-state index contributed by atoms with van der Waals surface area (Å²) in [7, 11) is -3.52. The Labute approximate surface area is 99.6 Å². The van der Waals surface area contributed by atoms with E-state index in [1.54, 1.807) is 24.3 Å². The highest BCUT2D eigenvalue weighted by Gasteiger charge is 2.32. The van der Waals surface area contributed by atoms with Crippen molar-refractivity contribution in [3.05, 3.63) is 24.3 Å². The van der Waals surface area contributed by atoms with Crippen molar-refractivity contribution in [1.29, 1.82) is 0 Å². The van der Waals surface area contributed by atoms with E-state index in [9.17, 15) is 8.42 Å². The lowest BCUT2D eigenvalue weighted by molar-refractivity contribution is 0.519. The number of fused-ring (bicyclic) bond motifs is 1. The van der Waals surface area contributed by atoms with Crippen LogP contribution < -0.4 is 0 Å². The van der Waals surface area contributed by atoms with Crippen molar-refractivity contribution in [2.45, 2.75) is 18.2 Å². The van der Waals surface area contributed by atoms with Crippen LogP contribution in [0.4, 0.5) is 5.69 Å². The number of aliphatic imine (C=N–C) groups is 1. The summed E-state index contributed by atoms with van der Waals surface area (Å²) in [5.41, 5.74) is 0.403. The Hall–Kier alpha value is -1.07. The smallest absolute Gasteiger partial charge is 0.240 e. The monoisotopic (exact) mass is 258 g/mol. The number of halogens is 1. The predicted octanol–water partition coefficient (Wildman–Crippen LogP) is 2.33. The van der Waals surface area contributed by atoms with Crippen molar-refractivity contribution >= 4 is 32.6 Å². The van der Waals surface area contributed by atoms with Crippen LogP contribution in [0, 0.1) is 0 Å². The van der Waals surface area contributed by atoms with Crippen LogP contribution in [0.5, 0.6) is 0 Å². The Bertz CT molecular complexity index is 540. The number of para-hydroxylation sites is 1. The Morgan fingerprint density at radius 1 is 1.38 bits per heavy atom. The number of hydrogen-bond acceptors (Lipinski definition) is 3. The van der Waals surface area contributed by atoms with E-state index in [0.29, 0.717) is 18.7 Å². The predicted molar refractivity (Wildman–Crippen MR) is 63.6 cm³/mol. The van der Waals surface area contributed by atoms with Gasteiger partial charge in [-0.25, -0.2) is 17.7 Å². The molecule has 16 heavy (non-hydrogen) atoms. The van der Waals surface area contributed by atoms with Crippen molar-refractivity contribution in [3.8, 4) is 0 Å². The van der Waals surface area contributed by atoms with Crippen molar-refractivity contribution in [1.82, 2.24) is 4.31 Å². The minimum atomic E-state index is -3.52. The molecule has 2 rings (SSSR count). The van der Waals surface area contributed by atoms with E-state index in [1.807, 2.05) is 6.92 Å². The average Bonchev–Trinajstić information content (AvgIpc) is 2.24. The van der Waals surface area contributed by atoms with Crippen molar-refractivity contribution < 1.29 is 8.42 Å². The molecule has 6 heteroatoms. The van der Waals surface area contributed by atoms with Crippen LogP contribution in [0.1, 0.15) is 13.3 Å². The highest BCUT2D eigenvalue weighted by atomic mass is 35.5. The van der Waals surface area contributed by atoms with E-state index in [2.05, 4.69) is 4.99 Å². The SMILES string of the molecule is CCCN1C(Cl)=Nc2ccccc2S1(=O)=O. The van der Waals surface area contributed by atoms with E-state index in [-0.39, 0.29) is 10.2 Å². The van der Waals surface area contributed by atoms with Crippen LogP contribution in [0.3, 0.4) is 0 Å². The molecule has 0 radical (unpaired) electrons. The second-order valence-electron chi connectivity index (χ2n) is 3.43. The van der Waals surface area contributed by atoms with Crippen LogP contribution in [-0.4, -0.2) is 24.6 Å². The maximum Gasteiger partial charge on any atom is 0.268 e. The zero-order chi connectivity index (χ0) is 11.8. The second-order valence-corrected chi connectivity index (χ2v) is 5.59. The molecule has 1 aromatic carbocycles. The summed E-state index contributed by atoms with van der Waals surface area (Å²) < 4.78 is 25.5. The number of sulfonamides is 1. The largest absolute Gasteiger partial charge is 0.268 e. The molecule has 0 bridgehead atoms. The molecular formula is C10H11ClN2O2S. The lowest BCUT2D eigenvalue weighted by Gasteiger charge is -2.26. The van der Waals surface area contributed by atoms with E-state index in [4.69, 9.17) is 11.6 Å². The van der Waals surface area contributed by atoms with Gasteiger partial charge in [-0.3, -0.25) is 0 Å². The first-order valence-electron chi connectivity index (χ1n) is 4.93. The molecule has 0 spiro atoms. The molecule has 0 aromatic heterocycles. The van der Waals surface area contributed by atoms with Gasteiger partial charge >= 0.3 is 0 Å². The number of nitrogens with zero attached hydrogens (tertiary/aromatic N) is 2. The van der Waals surface area contributed by atoms with Crippen molar-refractivity contribution in [2.24, 2.45) is 4.99 Å². The molecule has 0 aliphatic carbocycles. The fourth-order valence-electron chi connectivity index (χ4n) is 1.56. The first-order chi connectivity index (χ1) is 7.57. The molecule has 4 nitrogen and oxygen atoms in total. The molecule has 0 amide bonds. The summed E-state index contributed by atoms with van der Waals surface area (Å²) in [5, 5.41) is 0.0144. The van der Waals surface area contributed by atoms with E-state index in [0.717, 1.165) is 4.31 Å². The number of benzene rings is 1. The highest BCUT2D eigenvalue weighted by molar-refractivity contribution is 7.90. The maximum atomic E-state index is 12.2. The Morgan fingerprint density at radius 2 is 2.06 bits per heavy atom. The Balaban J connectivity index is 2.61. The second kappa shape index (κ2) is 4.07. The molecule has 1 aliphatic rings. The van der Waals surface area contributed by atoms with Crippen LogP contribution >= 0.6 is 11.6 Å². The third-order valence-corrected chi connectivity index (χ3v) is 4.50. The summed E-state index contributed by atoms with van der Waals surface area (Å²) >= 11 is 5.87. The number of rotatable bonds is 2. The Kier molecular flexibility index (Phi) is 2.90. The molecule has 1 heterocycles. The molecule has 1 aromatic rings. The van der Waals surface area contributed by atoms with Gasteiger partial charge in [0.25, 0.3) is 10.0 Å². The molecule has 0 N–H and O–H groups in total. The third-order valence-electron chi connectivity index (χ3n) is 2.28. The van der Waals surface area contributed by atoms with Gasteiger partial charge in [0.1, 0.15) is 4.90 Å². The highest BCUT2D eigenvalue weighted by Crippen LogP contribution is 2.32. The van der Waals surface area contributed by atoms with Gasteiger partial charge in [0, 0.05) is 6.54 Å². The van der Waals surface area contributed by atoms with Gasteiger partial charge in [-0.2, -0.15) is 0 Å². The lowest BCUT2D eigenvalue weighted by atomic mass is 10.3. The van der Waals surface area contributed by atoms with Crippen LogP contribution in [0.2, 0.25) is 0 Å². The van der Waals surface area contributed by atoms with E-state index < -0.39 is 10.0 Å². The molecule has 86 valence electrons. The molecule has 0 saturated carbocycles. The molecule has 1 aliphatic heterocycles. The zero-order valence-electron chi connectivity index (χ0n) is 8.72. The number of amidine groups is 1. The number of hydrogen-bond donors (Lipinski definition) is 0. The quantitative estimate of drug-likeness (QED) is 0.765. The maximum absolute atomic E-state index is 12.2. The zero-order valence-corrected chi connectivity index (χ0v) is 10.3. The Morgan fingerprint density at radius 3 is 2.75 bits per heavy atom. The van der Waals surface area contributed by atoms with Gasteiger partial charge in [-0.15, -0.1) is 0 Å². The minimum Gasteiger partial charge on any atom is -0.240 e. The molecule has 0 atom stereocenters. The van der Waals surface area contributed by atoms with Gasteiger partial charge in [0.2, 0.25) is 5.29 Å². The minimum absolute atomic E-state index is 0.0144. The topological polar surface area (TPSA) is 49.7 Å². The lowest BCUT2D eigenvalue weighted by Crippen LogP contribution is -2.36. The van der Waals surface area contributed by atoms with Gasteiger partial charge in [-0.05, 0) is 30.2 Å². The standard InChI is InChI=1S/C10H11ClN2O2S/c1-2-7-13-10(11)12-8-5-3-4-6-9(8)16(13,14)15/h3-6H,2,7H2,1H3. The van der Waals surface area contributed by atoms with Crippen LogP contribution in [0.15, 0.2) is 34.2 Å². The van der Waals surface area contributed by atoms with E-state index >= 15 is 0 Å². The van der Waals surface area contributed by atoms with E-state index in [1.165, 1.54) is 0 Å². The normalized spacial score (nSPS) is 17.9. The van der Waals surface area contributed by atoms with Crippen LogP contribution in [-0.2, 0) is 10.0 Å². The molecule has 0 unspecified atom stereocenters. The first kappa shape index (κ1) is 11.4. The summed E-state index contributed by atoms with van der Waals surface area (Å²) in [4.78, 5) is 4.29. The molecule has 0 saturated heterocycles. The summed E-state index contributed by atoms with van der Waals surface area (Å²) in [6.45, 7) is 2.24. The van der Waals surface area contributed by atoms with Crippen molar-refractivity contribution in [3.63, 3.8) is 0 Å². The third kappa shape index (κ3) is 1.70. The van der Waals surface area contributed by atoms with Gasteiger partial charge < -0.3 is 0 Å². The first-order valence-corrected chi connectivity index (χ1v) is 6.75. The van der Waals surface area contributed by atoms with Gasteiger partial charge in [0.15, 0.2) is 0 Å². The van der Waals surface area contributed by atoms with Gasteiger partial charge in [-0.1, -0.05) is 19.1 Å². The summed E-state index contributed by atoms with van der Waals surface area (Å²) in [6.07, 6.45) is 0.688. The van der Waals surface area contributed by atoms with Crippen LogP contribution in [0.25, 0.3) is 0 Å². The molecular weight excluding hydrogens is 248 g/mol.